The Kier molecular flexibility index (Phi) is 5.99. The number of hydrogen-bond donors (Lipinski definition) is 2. The van der Waals surface area contributed by atoms with Crippen LogP contribution in [0.3, 0.4) is 0 Å². The van der Waals surface area contributed by atoms with E-state index in [2.05, 4.69) is 51.7 Å². The van der Waals surface area contributed by atoms with Crippen LogP contribution >= 0.6 is 0 Å². The molecule has 0 aliphatic carbocycles. The SMILES string of the molecule is Cc1ccc(N2CCC(Oc3ccc4nc(C(=O)NC5CCNCC5)oc4c3)CC2)cc1. The van der Waals surface area contributed by atoms with Crippen LogP contribution < -0.4 is 20.3 Å². The lowest BCUT2D eigenvalue weighted by Gasteiger charge is -2.33. The van der Waals surface area contributed by atoms with E-state index in [4.69, 9.17) is 9.15 Å². The molecule has 0 bridgehead atoms. The first kappa shape index (κ1) is 20.8. The molecule has 2 aromatic carbocycles. The van der Waals surface area contributed by atoms with Crippen LogP contribution in [0.25, 0.3) is 11.1 Å². The van der Waals surface area contributed by atoms with E-state index in [1.807, 2.05) is 18.2 Å². The number of hydrogen-bond acceptors (Lipinski definition) is 6. The molecule has 0 unspecified atom stereocenters. The molecule has 2 aliphatic heterocycles. The van der Waals surface area contributed by atoms with Gasteiger partial charge in [-0.3, -0.25) is 4.79 Å². The smallest absolute Gasteiger partial charge is 0.307 e. The Labute approximate surface area is 188 Å². The van der Waals surface area contributed by atoms with Crippen molar-refractivity contribution < 1.29 is 13.9 Å². The Hall–Kier alpha value is -3.06. The molecule has 0 radical (unpaired) electrons. The fourth-order valence-electron chi connectivity index (χ4n) is 4.47. The highest BCUT2D eigenvalue weighted by atomic mass is 16.5. The van der Waals surface area contributed by atoms with Gasteiger partial charge in [0, 0.05) is 43.7 Å². The normalized spacial score (nSPS) is 18.1. The predicted octanol–water partition coefficient (Wildman–Crippen LogP) is 3.67. The van der Waals surface area contributed by atoms with E-state index < -0.39 is 0 Å². The third-order valence-electron chi connectivity index (χ3n) is 6.37. The molecule has 1 amide bonds. The highest BCUT2D eigenvalue weighted by Crippen LogP contribution is 2.26. The highest BCUT2D eigenvalue weighted by molar-refractivity contribution is 5.92. The van der Waals surface area contributed by atoms with Crippen molar-refractivity contribution in [3.8, 4) is 5.75 Å². The van der Waals surface area contributed by atoms with Gasteiger partial charge in [-0.05, 0) is 57.1 Å². The fraction of sp³-hybridized carbons (Fsp3) is 0.440. The van der Waals surface area contributed by atoms with Crippen LogP contribution in [0.5, 0.6) is 5.75 Å². The van der Waals surface area contributed by atoms with E-state index in [1.165, 1.54) is 11.3 Å². The largest absolute Gasteiger partial charge is 0.490 e. The van der Waals surface area contributed by atoms with E-state index in [0.29, 0.717) is 11.1 Å². The van der Waals surface area contributed by atoms with Gasteiger partial charge in [0.1, 0.15) is 17.4 Å². The molecule has 2 N–H and O–H groups in total. The van der Waals surface area contributed by atoms with Crippen LogP contribution in [0.15, 0.2) is 46.9 Å². The van der Waals surface area contributed by atoms with Gasteiger partial charge in [0.25, 0.3) is 5.89 Å². The summed E-state index contributed by atoms with van der Waals surface area (Å²) < 4.78 is 12.0. The van der Waals surface area contributed by atoms with Crippen molar-refractivity contribution in [3.63, 3.8) is 0 Å². The fourth-order valence-corrected chi connectivity index (χ4v) is 4.47. The standard InChI is InChI=1S/C25H30N4O3/c1-17-2-4-19(5-3-17)29-14-10-20(11-15-29)31-21-6-7-22-23(16-21)32-25(28-22)24(30)27-18-8-12-26-13-9-18/h2-7,16,18,20,26H,8-15H2,1H3,(H,27,30). The average molecular weight is 435 g/mol. The summed E-state index contributed by atoms with van der Waals surface area (Å²) in [4.78, 5) is 19.3. The van der Waals surface area contributed by atoms with E-state index in [9.17, 15) is 4.79 Å². The van der Waals surface area contributed by atoms with Gasteiger partial charge in [-0.15, -0.1) is 0 Å². The van der Waals surface area contributed by atoms with Gasteiger partial charge < -0.3 is 24.7 Å². The molecule has 1 aromatic heterocycles. The lowest BCUT2D eigenvalue weighted by molar-refractivity contribution is 0.0896. The molecular weight excluding hydrogens is 404 g/mol. The van der Waals surface area contributed by atoms with E-state index in [1.54, 1.807) is 0 Å². The summed E-state index contributed by atoms with van der Waals surface area (Å²) in [7, 11) is 0. The van der Waals surface area contributed by atoms with Crippen LogP contribution in [0, 0.1) is 6.92 Å². The zero-order chi connectivity index (χ0) is 21.9. The quantitative estimate of drug-likeness (QED) is 0.638. The van der Waals surface area contributed by atoms with Gasteiger partial charge in [0.2, 0.25) is 0 Å². The number of amides is 1. The Morgan fingerprint density at radius 2 is 1.84 bits per heavy atom. The number of carbonyl (C=O) groups is 1. The number of fused-ring (bicyclic) bond motifs is 1. The van der Waals surface area contributed by atoms with Crippen molar-refractivity contribution in [2.75, 3.05) is 31.1 Å². The summed E-state index contributed by atoms with van der Waals surface area (Å²) in [6, 6.07) is 14.5. The Morgan fingerprint density at radius 1 is 1.09 bits per heavy atom. The van der Waals surface area contributed by atoms with Gasteiger partial charge in [-0.25, -0.2) is 4.98 Å². The maximum Gasteiger partial charge on any atom is 0.307 e. The second-order valence-corrected chi connectivity index (χ2v) is 8.79. The number of aryl methyl sites for hydroxylation is 1. The van der Waals surface area contributed by atoms with Crippen molar-refractivity contribution in [3.05, 3.63) is 53.9 Å². The summed E-state index contributed by atoms with van der Waals surface area (Å²) in [5.41, 5.74) is 3.80. The molecule has 5 rings (SSSR count). The van der Waals surface area contributed by atoms with Crippen molar-refractivity contribution in [2.45, 2.75) is 44.8 Å². The summed E-state index contributed by atoms with van der Waals surface area (Å²) >= 11 is 0. The second-order valence-electron chi connectivity index (χ2n) is 8.79. The zero-order valence-corrected chi connectivity index (χ0v) is 18.5. The zero-order valence-electron chi connectivity index (χ0n) is 18.5. The molecular formula is C25H30N4O3. The lowest BCUT2D eigenvalue weighted by Crippen LogP contribution is -2.42. The maximum atomic E-state index is 12.5. The van der Waals surface area contributed by atoms with E-state index >= 15 is 0 Å². The van der Waals surface area contributed by atoms with Gasteiger partial charge in [-0.2, -0.15) is 0 Å². The van der Waals surface area contributed by atoms with Crippen LogP contribution in [-0.2, 0) is 0 Å². The summed E-state index contributed by atoms with van der Waals surface area (Å²) in [6.07, 6.45) is 3.94. The monoisotopic (exact) mass is 434 g/mol. The Bertz CT molecular complexity index is 1060. The van der Waals surface area contributed by atoms with Gasteiger partial charge >= 0.3 is 5.91 Å². The first-order chi connectivity index (χ1) is 15.6. The number of anilines is 1. The first-order valence-corrected chi connectivity index (χ1v) is 11.5. The number of benzene rings is 2. The van der Waals surface area contributed by atoms with Crippen LogP contribution in [0.1, 0.15) is 41.9 Å². The van der Waals surface area contributed by atoms with E-state index in [0.717, 1.165) is 57.6 Å². The van der Waals surface area contributed by atoms with Crippen LogP contribution in [-0.4, -0.2) is 49.2 Å². The van der Waals surface area contributed by atoms with Crippen molar-refractivity contribution >= 4 is 22.7 Å². The molecule has 2 aliphatic rings. The van der Waals surface area contributed by atoms with Crippen molar-refractivity contribution in [2.24, 2.45) is 0 Å². The van der Waals surface area contributed by atoms with Gasteiger partial charge in [-0.1, -0.05) is 17.7 Å². The van der Waals surface area contributed by atoms with Crippen LogP contribution in [0.4, 0.5) is 5.69 Å². The molecule has 7 nitrogen and oxygen atoms in total. The number of ether oxygens (including phenoxy) is 1. The average Bonchev–Trinajstić information content (AvgIpc) is 3.25. The first-order valence-electron chi connectivity index (χ1n) is 11.5. The third kappa shape index (κ3) is 4.72. The van der Waals surface area contributed by atoms with Crippen LogP contribution in [0.2, 0.25) is 0 Å². The number of rotatable bonds is 5. The molecule has 0 saturated carbocycles. The molecule has 2 fully saturated rings. The number of oxazole rings is 1. The number of nitrogens with zero attached hydrogens (tertiary/aromatic N) is 2. The minimum absolute atomic E-state index is 0.113. The molecule has 0 atom stereocenters. The maximum absolute atomic E-state index is 12.5. The molecule has 3 aromatic rings. The molecule has 7 heteroatoms. The van der Waals surface area contributed by atoms with Crippen molar-refractivity contribution in [1.29, 1.82) is 0 Å². The molecule has 3 heterocycles. The lowest BCUT2D eigenvalue weighted by atomic mass is 10.1. The topological polar surface area (TPSA) is 79.6 Å². The Balaban J connectivity index is 1.19. The number of nitrogens with one attached hydrogen (secondary N) is 2. The predicted molar refractivity (Wildman–Crippen MR) is 124 cm³/mol. The van der Waals surface area contributed by atoms with E-state index in [-0.39, 0.29) is 23.9 Å². The molecule has 32 heavy (non-hydrogen) atoms. The minimum Gasteiger partial charge on any atom is -0.490 e. The molecule has 2 saturated heterocycles. The van der Waals surface area contributed by atoms with Crippen molar-refractivity contribution in [1.82, 2.24) is 15.6 Å². The van der Waals surface area contributed by atoms with Gasteiger partial charge in [0.15, 0.2) is 5.58 Å². The number of carbonyl (C=O) groups excluding carboxylic acids is 1. The summed E-state index contributed by atoms with van der Waals surface area (Å²) in [5.74, 6) is 0.619. The summed E-state index contributed by atoms with van der Waals surface area (Å²) in [6.45, 7) is 5.89. The number of piperidine rings is 2. The molecule has 0 spiro atoms. The minimum atomic E-state index is -0.251. The third-order valence-corrected chi connectivity index (χ3v) is 6.37. The second kappa shape index (κ2) is 9.20. The molecule has 168 valence electrons. The van der Waals surface area contributed by atoms with Gasteiger partial charge in [0.05, 0.1) is 0 Å². The summed E-state index contributed by atoms with van der Waals surface area (Å²) in [5, 5.41) is 6.32. The highest BCUT2D eigenvalue weighted by Gasteiger charge is 2.23. The number of aromatic nitrogens is 1. The Morgan fingerprint density at radius 3 is 2.59 bits per heavy atom.